The van der Waals surface area contributed by atoms with Crippen molar-refractivity contribution in [1.29, 1.82) is 0 Å². The highest BCUT2D eigenvalue weighted by Gasteiger charge is 2.08. The van der Waals surface area contributed by atoms with Crippen molar-refractivity contribution < 1.29 is 0 Å². The monoisotopic (exact) mass is 519 g/mol. The largest absolute Gasteiger partial charge is 0.332 e. The summed E-state index contributed by atoms with van der Waals surface area (Å²) in [5.74, 6) is 0. The van der Waals surface area contributed by atoms with E-state index in [-0.39, 0.29) is 0 Å². The minimum Gasteiger partial charge on any atom is -0.332 e. The number of anilines is 2. The van der Waals surface area contributed by atoms with Gasteiger partial charge in [-0.15, -0.1) is 11.3 Å². The van der Waals surface area contributed by atoms with E-state index in [1.165, 1.54) is 27.8 Å². The van der Waals surface area contributed by atoms with E-state index in [4.69, 9.17) is 4.98 Å². The standard InChI is InChI=1S/C32H33N5S/c1-3-24-6-10-26(11-7-24)30-14-18-34-21-27(30)16-20-37(2)19-15-25-8-12-29(13-9-25)35-32-36-31(23-38-32)28-5-4-17-33-22-28/h4-14,17-18,21-23H,3,15-16,19-20H2,1-2H3,(H,35,36). The first-order valence-electron chi connectivity index (χ1n) is 13.1. The summed E-state index contributed by atoms with van der Waals surface area (Å²) < 4.78 is 0. The highest BCUT2D eigenvalue weighted by Crippen LogP contribution is 2.27. The Labute approximate surface area is 229 Å². The van der Waals surface area contributed by atoms with Gasteiger partial charge in [-0.25, -0.2) is 4.98 Å². The van der Waals surface area contributed by atoms with Gasteiger partial charge in [0.15, 0.2) is 5.13 Å². The van der Waals surface area contributed by atoms with E-state index in [2.05, 4.69) is 94.1 Å². The van der Waals surface area contributed by atoms with E-state index in [1.54, 1.807) is 17.5 Å². The zero-order valence-corrected chi connectivity index (χ0v) is 22.8. The summed E-state index contributed by atoms with van der Waals surface area (Å²) in [4.78, 5) is 15.7. The fourth-order valence-electron chi connectivity index (χ4n) is 4.43. The Morgan fingerprint density at radius 3 is 2.32 bits per heavy atom. The summed E-state index contributed by atoms with van der Waals surface area (Å²) >= 11 is 1.60. The molecule has 3 aromatic heterocycles. The van der Waals surface area contributed by atoms with E-state index in [0.717, 1.165) is 54.4 Å². The Kier molecular flexibility index (Phi) is 8.53. The van der Waals surface area contributed by atoms with Crippen LogP contribution in [0, 0.1) is 0 Å². The summed E-state index contributed by atoms with van der Waals surface area (Å²) in [5.41, 5.74) is 9.56. The fourth-order valence-corrected chi connectivity index (χ4v) is 5.17. The van der Waals surface area contributed by atoms with Crippen LogP contribution in [-0.2, 0) is 19.3 Å². The molecule has 5 nitrogen and oxygen atoms in total. The van der Waals surface area contributed by atoms with Gasteiger partial charge >= 0.3 is 0 Å². The van der Waals surface area contributed by atoms with Crippen molar-refractivity contribution in [2.24, 2.45) is 0 Å². The molecule has 1 N–H and O–H groups in total. The minimum atomic E-state index is 0.882. The SMILES string of the molecule is CCc1ccc(-c2ccncc2CCN(C)CCc2ccc(Nc3nc(-c4cccnc4)cs3)cc2)cc1. The van der Waals surface area contributed by atoms with Crippen LogP contribution in [-0.4, -0.2) is 40.0 Å². The van der Waals surface area contributed by atoms with Crippen molar-refractivity contribution in [3.05, 3.63) is 114 Å². The highest BCUT2D eigenvalue weighted by atomic mass is 32.1. The first-order valence-corrected chi connectivity index (χ1v) is 14.0. The molecule has 38 heavy (non-hydrogen) atoms. The molecule has 0 aliphatic rings. The molecule has 0 saturated heterocycles. The second kappa shape index (κ2) is 12.6. The second-order valence-electron chi connectivity index (χ2n) is 9.49. The smallest absolute Gasteiger partial charge is 0.187 e. The molecule has 0 bridgehead atoms. The topological polar surface area (TPSA) is 53.9 Å². The number of nitrogens with zero attached hydrogens (tertiary/aromatic N) is 4. The van der Waals surface area contributed by atoms with Gasteiger partial charge in [0.2, 0.25) is 0 Å². The van der Waals surface area contributed by atoms with E-state index >= 15 is 0 Å². The second-order valence-corrected chi connectivity index (χ2v) is 10.3. The third-order valence-electron chi connectivity index (χ3n) is 6.79. The lowest BCUT2D eigenvalue weighted by atomic mass is 9.98. The molecular weight excluding hydrogens is 486 g/mol. The fraction of sp³-hybridized carbons (Fsp3) is 0.219. The predicted molar refractivity (Wildman–Crippen MR) is 159 cm³/mol. The Morgan fingerprint density at radius 2 is 1.55 bits per heavy atom. The molecule has 0 unspecified atom stereocenters. The molecule has 0 spiro atoms. The van der Waals surface area contributed by atoms with E-state index in [9.17, 15) is 0 Å². The van der Waals surface area contributed by atoms with Crippen LogP contribution >= 0.6 is 11.3 Å². The zero-order chi connectivity index (χ0) is 26.2. The number of hydrogen-bond acceptors (Lipinski definition) is 6. The van der Waals surface area contributed by atoms with Gasteiger partial charge in [0.25, 0.3) is 0 Å². The van der Waals surface area contributed by atoms with Gasteiger partial charge in [0.1, 0.15) is 0 Å². The number of hydrogen-bond donors (Lipinski definition) is 1. The van der Waals surface area contributed by atoms with E-state index < -0.39 is 0 Å². The first-order chi connectivity index (χ1) is 18.7. The van der Waals surface area contributed by atoms with Gasteiger partial charge in [-0.3, -0.25) is 9.97 Å². The van der Waals surface area contributed by atoms with Crippen molar-refractivity contribution in [3.63, 3.8) is 0 Å². The highest BCUT2D eigenvalue weighted by molar-refractivity contribution is 7.14. The molecule has 3 heterocycles. The van der Waals surface area contributed by atoms with E-state index in [0.29, 0.717) is 0 Å². The number of rotatable bonds is 11. The van der Waals surface area contributed by atoms with Crippen molar-refractivity contribution in [3.8, 4) is 22.4 Å². The van der Waals surface area contributed by atoms with Gasteiger partial charge in [-0.1, -0.05) is 43.3 Å². The van der Waals surface area contributed by atoms with Crippen molar-refractivity contribution in [2.45, 2.75) is 26.2 Å². The quantitative estimate of drug-likeness (QED) is 0.199. The average molecular weight is 520 g/mol. The van der Waals surface area contributed by atoms with Gasteiger partial charge in [0.05, 0.1) is 5.69 Å². The number of aryl methyl sites for hydroxylation is 1. The third-order valence-corrected chi connectivity index (χ3v) is 7.55. The predicted octanol–water partition coefficient (Wildman–Crippen LogP) is 7.29. The number of nitrogens with one attached hydrogen (secondary N) is 1. The number of pyridine rings is 2. The molecule has 5 rings (SSSR count). The maximum atomic E-state index is 4.69. The summed E-state index contributed by atoms with van der Waals surface area (Å²) in [6, 6.07) is 23.7. The lowest BCUT2D eigenvalue weighted by Crippen LogP contribution is -2.24. The molecule has 0 atom stereocenters. The molecule has 0 aliphatic carbocycles. The number of aromatic nitrogens is 3. The minimum absolute atomic E-state index is 0.882. The molecule has 192 valence electrons. The lowest BCUT2D eigenvalue weighted by Gasteiger charge is -2.18. The van der Waals surface area contributed by atoms with Gasteiger partial charge in [-0.2, -0.15) is 0 Å². The Balaban J connectivity index is 1.11. The normalized spacial score (nSPS) is 11.1. The Bertz CT molecular complexity index is 1430. The molecule has 0 saturated carbocycles. The molecule has 0 amide bonds. The van der Waals surface area contributed by atoms with Crippen LogP contribution in [0.5, 0.6) is 0 Å². The molecular formula is C32H33N5S. The molecule has 2 aromatic carbocycles. The van der Waals surface area contributed by atoms with Crippen LogP contribution in [0.25, 0.3) is 22.4 Å². The first kappa shape index (κ1) is 25.8. The summed E-state index contributed by atoms with van der Waals surface area (Å²) in [5, 5.41) is 6.36. The third kappa shape index (κ3) is 6.71. The van der Waals surface area contributed by atoms with Crippen LogP contribution in [0.4, 0.5) is 10.8 Å². The summed E-state index contributed by atoms with van der Waals surface area (Å²) in [7, 11) is 2.20. The maximum Gasteiger partial charge on any atom is 0.187 e. The maximum absolute atomic E-state index is 4.69. The lowest BCUT2D eigenvalue weighted by molar-refractivity contribution is 0.343. The van der Waals surface area contributed by atoms with Gasteiger partial charge in [0, 0.05) is 54.5 Å². The molecule has 0 aliphatic heterocycles. The molecule has 5 aromatic rings. The van der Waals surface area contributed by atoms with Crippen molar-refractivity contribution >= 4 is 22.2 Å². The number of likely N-dealkylation sites (N-methyl/N-ethyl adjacent to an activating group) is 1. The van der Waals surface area contributed by atoms with Crippen molar-refractivity contribution in [2.75, 3.05) is 25.5 Å². The van der Waals surface area contributed by atoms with Crippen LogP contribution in [0.1, 0.15) is 23.6 Å². The van der Waals surface area contributed by atoms with Crippen LogP contribution < -0.4 is 5.32 Å². The Morgan fingerprint density at radius 1 is 0.789 bits per heavy atom. The Hall–Kier alpha value is -3.87. The van der Waals surface area contributed by atoms with Gasteiger partial charge < -0.3 is 10.2 Å². The zero-order valence-electron chi connectivity index (χ0n) is 22.0. The summed E-state index contributed by atoms with van der Waals surface area (Å²) in [6.07, 6.45) is 10.6. The number of benzene rings is 2. The van der Waals surface area contributed by atoms with Crippen LogP contribution in [0.2, 0.25) is 0 Å². The molecule has 0 radical (unpaired) electrons. The summed E-state index contributed by atoms with van der Waals surface area (Å²) in [6.45, 7) is 4.19. The van der Waals surface area contributed by atoms with E-state index in [1.807, 2.05) is 30.7 Å². The van der Waals surface area contributed by atoms with Crippen LogP contribution in [0.15, 0.2) is 96.9 Å². The molecule has 0 fully saturated rings. The molecule has 6 heteroatoms. The van der Waals surface area contributed by atoms with Crippen molar-refractivity contribution in [1.82, 2.24) is 19.9 Å². The van der Waals surface area contributed by atoms with Crippen LogP contribution in [0.3, 0.4) is 0 Å². The average Bonchev–Trinajstić information content (AvgIpc) is 3.45. The van der Waals surface area contributed by atoms with Gasteiger partial charge in [-0.05, 0) is 84.5 Å². The number of thiazole rings is 1.